The highest BCUT2D eigenvalue weighted by molar-refractivity contribution is 5.94. The highest BCUT2D eigenvalue weighted by Crippen LogP contribution is 2.08. The first-order valence-electron chi connectivity index (χ1n) is 10.2. The second-order valence-corrected chi connectivity index (χ2v) is 8.09. The van der Waals surface area contributed by atoms with Gasteiger partial charge in [0, 0.05) is 6.42 Å². The number of amides is 4. The predicted octanol–water partition coefficient (Wildman–Crippen LogP) is -3.07. The second kappa shape index (κ2) is 13.6. The van der Waals surface area contributed by atoms with Gasteiger partial charge in [-0.25, -0.2) is 4.79 Å². The third-order valence-electron chi connectivity index (χ3n) is 4.52. The third-order valence-corrected chi connectivity index (χ3v) is 4.52. The van der Waals surface area contributed by atoms with Gasteiger partial charge in [0.05, 0.1) is 12.2 Å². The lowest BCUT2D eigenvalue weighted by Crippen LogP contribution is -2.59. The zero-order chi connectivity index (χ0) is 25.2. The van der Waals surface area contributed by atoms with Crippen molar-refractivity contribution in [1.82, 2.24) is 16.0 Å². The normalized spacial score (nSPS) is 16.8. The molecule has 184 valence electrons. The number of hydrogen-bond donors (Lipinski definition) is 8. The van der Waals surface area contributed by atoms with E-state index >= 15 is 0 Å². The van der Waals surface area contributed by atoms with Crippen LogP contribution in [0.2, 0.25) is 0 Å². The van der Waals surface area contributed by atoms with Crippen LogP contribution < -0.4 is 27.4 Å². The van der Waals surface area contributed by atoms with E-state index in [-0.39, 0.29) is 25.2 Å². The van der Waals surface area contributed by atoms with Crippen LogP contribution in [0.4, 0.5) is 0 Å². The van der Waals surface area contributed by atoms with Gasteiger partial charge in [0.25, 0.3) is 0 Å². The molecule has 32 heavy (non-hydrogen) atoms. The van der Waals surface area contributed by atoms with E-state index in [0.29, 0.717) is 0 Å². The molecule has 0 aromatic carbocycles. The minimum atomic E-state index is -1.65. The number of aliphatic hydroxyl groups is 2. The van der Waals surface area contributed by atoms with Crippen molar-refractivity contribution in [1.29, 1.82) is 0 Å². The van der Waals surface area contributed by atoms with E-state index in [4.69, 9.17) is 16.6 Å². The monoisotopic (exact) mass is 461 g/mol. The van der Waals surface area contributed by atoms with Crippen LogP contribution in [0.3, 0.4) is 0 Å². The van der Waals surface area contributed by atoms with E-state index in [2.05, 4.69) is 16.0 Å². The van der Waals surface area contributed by atoms with Crippen molar-refractivity contribution >= 4 is 29.6 Å². The maximum Gasteiger partial charge on any atom is 0.328 e. The van der Waals surface area contributed by atoms with Crippen molar-refractivity contribution in [2.75, 3.05) is 0 Å². The SMILES string of the molecule is CC(C)CC(NC(=O)C(N)C(C)O)C(=O)NC(CCC(N)=O)C(=O)NC(C(=O)O)C(C)O. The number of carboxylic acid groups (broad SMARTS) is 1. The van der Waals surface area contributed by atoms with Crippen molar-refractivity contribution in [3.63, 3.8) is 0 Å². The molecular formula is C19H35N5O8. The lowest BCUT2D eigenvalue weighted by molar-refractivity contribution is -0.145. The second-order valence-electron chi connectivity index (χ2n) is 8.09. The molecule has 0 fully saturated rings. The molecule has 4 amide bonds. The summed E-state index contributed by atoms with van der Waals surface area (Å²) in [5.74, 6) is -4.82. The summed E-state index contributed by atoms with van der Waals surface area (Å²) >= 11 is 0. The first kappa shape index (κ1) is 29.2. The van der Waals surface area contributed by atoms with E-state index < -0.39 is 66.0 Å². The topological polar surface area (TPSA) is 234 Å². The molecule has 13 nitrogen and oxygen atoms in total. The Kier molecular flexibility index (Phi) is 12.4. The number of nitrogens with two attached hydrogens (primary N) is 2. The summed E-state index contributed by atoms with van der Waals surface area (Å²) in [7, 11) is 0. The van der Waals surface area contributed by atoms with Crippen LogP contribution in [-0.2, 0) is 24.0 Å². The summed E-state index contributed by atoms with van der Waals surface area (Å²) in [4.78, 5) is 60.0. The van der Waals surface area contributed by atoms with Crippen LogP contribution in [0.5, 0.6) is 0 Å². The number of carbonyl (C=O) groups excluding carboxylic acids is 4. The largest absolute Gasteiger partial charge is 0.480 e. The van der Waals surface area contributed by atoms with Gasteiger partial charge in [-0.15, -0.1) is 0 Å². The Hall–Kier alpha value is -2.77. The third kappa shape index (κ3) is 10.5. The number of primary amides is 1. The van der Waals surface area contributed by atoms with E-state index in [0.717, 1.165) is 6.92 Å². The van der Waals surface area contributed by atoms with Crippen molar-refractivity contribution in [2.24, 2.45) is 17.4 Å². The molecule has 0 aliphatic heterocycles. The molecule has 0 rings (SSSR count). The van der Waals surface area contributed by atoms with Crippen molar-refractivity contribution in [2.45, 2.75) is 83.3 Å². The highest BCUT2D eigenvalue weighted by Gasteiger charge is 2.32. The Morgan fingerprint density at radius 3 is 1.72 bits per heavy atom. The molecule has 0 aromatic rings. The molecule has 0 saturated heterocycles. The van der Waals surface area contributed by atoms with Gasteiger partial charge < -0.3 is 42.7 Å². The first-order valence-corrected chi connectivity index (χ1v) is 10.2. The number of hydrogen-bond acceptors (Lipinski definition) is 8. The van der Waals surface area contributed by atoms with Gasteiger partial charge in [-0.2, -0.15) is 0 Å². The molecule has 0 aromatic heterocycles. The predicted molar refractivity (Wildman–Crippen MR) is 113 cm³/mol. The molecule has 6 unspecified atom stereocenters. The molecule has 0 saturated carbocycles. The first-order chi connectivity index (χ1) is 14.7. The Balaban J connectivity index is 5.58. The average molecular weight is 462 g/mol. The van der Waals surface area contributed by atoms with Crippen LogP contribution in [0.25, 0.3) is 0 Å². The fourth-order valence-electron chi connectivity index (χ4n) is 2.66. The zero-order valence-electron chi connectivity index (χ0n) is 18.7. The number of rotatable bonds is 14. The van der Waals surface area contributed by atoms with E-state index in [1.54, 1.807) is 13.8 Å². The van der Waals surface area contributed by atoms with Gasteiger partial charge in [0.1, 0.15) is 18.1 Å². The minimum Gasteiger partial charge on any atom is -0.480 e. The van der Waals surface area contributed by atoms with Gasteiger partial charge in [-0.05, 0) is 32.6 Å². The van der Waals surface area contributed by atoms with Crippen LogP contribution in [0.1, 0.15) is 47.0 Å². The van der Waals surface area contributed by atoms with Gasteiger partial charge in [0.2, 0.25) is 23.6 Å². The zero-order valence-corrected chi connectivity index (χ0v) is 18.7. The molecule has 0 heterocycles. The molecule has 0 aliphatic carbocycles. The Morgan fingerprint density at radius 2 is 1.31 bits per heavy atom. The van der Waals surface area contributed by atoms with Gasteiger partial charge in [-0.1, -0.05) is 13.8 Å². The summed E-state index contributed by atoms with van der Waals surface area (Å²) < 4.78 is 0. The number of carboxylic acids is 1. The van der Waals surface area contributed by atoms with E-state index in [9.17, 15) is 34.2 Å². The number of aliphatic carboxylic acids is 1. The molecule has 0 radical (unpaired) electrons. The molecule has 0 bridgehead atoms. The van der Waals surface area contributed by atoms with Crippen LogP contribution >= 0.6 is 0 Å². The molecule has 13 heteroatoms. The molecule has 10 N–H and O–H groups in total. The van der Waals surface area contributed by atoms with Gasteiger partial charge >= 0.3 is 5.97 Å². The quantitative estimate of drug-likeness (QED) is 0.131. The van der Waals surface area contributed by atoms with E-state index in [1.165, 1.54) is 6.92 Å². The van der Waals surface area contributed by atoms with Gasteiger partial charge in [-0.3, -0.25) is 19.2 Å². The summed E-state index contributed by atoms with van der Waals surface area (Å²) in [6.07, 6.45) is -2.97. The lowest BCUT2D eigenvalue weighted by Gasteiger charge is -2.26. The number of aliphatic hydroxyl groups excluding tert-OH is 2. The molecule has 0 aliphatic rings. The lowest BCUT2D eigenvalue weighted by atomic mass is 10.0. The Morgan fingerprint density at radius 1 is 0.812 bits per heavy atom. The Labute approximate surface area is 186 Å². The van der Waals surface area contributed by atoms with Crippen molar-refractivity contribution < 1.29 is 39.3 Å². The standard InChI is InChI=1S/C19H35N5O8/c1-8(2)7-12(23-18(30)14(21)9(3)25)17(29)22-11(5-6-13(20)27)16(28)24-15(10(4)26)19(31)32/h8-12,14-15,25-26H,5-7,21H2,1-4H3,(H2,20,27)(H,22,29)(H,23,30)(H,24,28)(H,31,32). The average Bonchev–Trinajstić information content (AvgIpc) is 2.66. The van der Waals surface area contributed by atoms with E-state index in [1.807, 2.05) is 0 Å². The van der Waals surface area contributed by atoms with Crippen LogP contribution in [-0.4, -0.2) is 81.3 Å². The van der Waals surface area contributed by atoms with Gasteiger partial charge in [0.15, 0.2) is 6.04 Å². The fourth-order valence-corrected chi connectivity index (χ4v) is 2.66. The maximum atomic E-state index is 12.8. The highest BCUT2D eigenvalue weighted by atomic mass is 16.4. The summed E-state index contributed by atoms with van der Waals surface area (Å²) in [6, 6.07) is -5.42. The summed E-state index contributed by atoms with van der Waals surface area (Å²) in [5.41, 5.74) is 10.7. The summed E-state index contributed by atoms with van der Waals surface area (Å²) in [6.45, 7) is 6.06. The summed E-state index contributed by atoms with van der Waals surface area (Å²) in [5, 5.41) is 35.1. The number of carbonyl (C=O) groups is 5. The fraction of sp³-hybridized carbons (Fsp3) is 0.737. The number of nitrogens with one attached hydrogen (secondary N) is 3. The minimum absolute atomic E-state index is 0.0571. The van der Waals surface area contributed by atoms with Crippen molar-refractivity contribution in [3.05, 3.63) is 0 Å². The Bertz CT molecular complexity index is 683. The van der Waals surface area contributed by atoms with Crippen molar-refractivity contribution in [3.8, 4) is 0 Å². The molecular weight excluding hydrogens is 426 g/mol. The van der Waals surface area contributed by atoms with Crippen LogP contribution in [0.15, 0.2) is 0 Å². The smallest absolute Gasteiger partial charge is 0.328 e. The molecule has 6 atom stereocenters. The van der Waals surface area contributed by atoms with Crippen LogP contribution in [0, 0.1) is 5.92 Å². The maximum absolute atomic E-state index is 12.8. The molecule has 0 spiro atoms.